The lowest BCUT2D eigenvalue weighted by molar-refractivity contribution is -0.138. The number of piperidine rings is 1. The zero-order valence-corrected chi connectivity index (χ0v) is 14.7. The summed E-state index contributed by atoms with van der Waals surface area (Å²) in [5, 5.41) is 2.07. The highest BCUT2D eigenvalue weighted by Crippen LogP contribution is 2.57. The Morgan fingerprint density at radius 2 is 2.04 bits per heavy atom. The zero-order chi connectivity index (χ0) is 16.6. The van der Waals surface area contributed by atoms with Gasteiger partial charge in [-0.05, 0) is 55.2 Å². The highest BCUT2D eigenvalue weighted by Gasteiger charge is 2.62. The Bertz CT molecular complexity index is 700. The summed E-state index contributed by atoms with van der Waals surface area (Å²) in [6.45, 7) is 1.45. The van der Waals surface area contributed by atoms with Gasteiger partial charge in [-0.1, -0.05) is 36.4 Å². The molecule has 126 valence electrons. The van der Waals surface area contributed by atoms with Crippen LogP contribution in [0.25, 0.3) is 0 Å². The van der Waals surface area contributed by atoms with Gasteiger partial charge in [0.05, 0.1) is 11.5 Å². The number of carbonyl (C=O) groups is 1. The van der Waals surface area contributed by atoms with E-state index in [2.05, 4.69) is 40.6 Å². The molecule has 2 fully saturated rings. The van der Waals surface area contributed by atoms with E-state index in [-0.39, 0.29) is 11.5 Å². The third kappa shape index (κ3) is 2.49. The summed E-state index contributed by atoms with van der Waals surface area (Å²) in [7, 11) is 0. The summed E-state index contributed by atoms with van der Waals surface area (Å²) in [4.78, 5) is 17.0. The van der Waals surface area contributed by atoms with Gasteiger partial charge in [0.25, 0.3) is 0 Å². The Kier molecular flexibility index (Phi) is 4.19. The second-order valence-electron chi connectivity index (χ2n) is 7.01. The van der Waals surface area contributed by atoms with Crippen molar-refractivity contribution in [3.63, 3.8) is 0 Å². The van der Waals surface area contributed by atoms with Crippen LogP contribution in [0, 0.1) is 5.92 Å². The molecule has 4 heteroatoms. The van der Waals surface area contributed by atoms with Gasteiger partial charge in [-0.25, -0.2) is 0 Å². The fraction of sp³-hybridized carbons (Fsp3) is 0.450. The number of benzene rings is 1. The molecular formula is C20H24N2OS. The van der Waals surface area contributed by atoms with E-state index in [1.54, 1.807) is 11.3 Å². The van der Waals surface area contributed by atoms with Gasteiger partial charge in [0.1, 0.15) is 0 Å². The van der Waals surface area contributed by atoms with E-state index in [0.717, 1.165) is 25.8 Å². The van der Waals surface area contributed by atoms with Gasteiger partial charge in [0.15, 0.2) is 0 Å². The fourth-order valence-corrected chi connectivity index (χ4v) is 5.28. The third-order valence-electron chi connectivity index (χ3n) is 5.68. The SMILES string of the molecule is NC[C@@H]1C[C@@]1(C(=O)N1CCCCC1c1ccccc1)c1cccs1. The van der Waals surface area contributed by atoms with Crippen LogP contribution in [0.15, 0.2) is 47.8 Å². The minimum absolute atomic E-state index is 0.211. The van der Waals surface area contributed by atoms with Crippen molar-refractivity contribution >= 4 is 17.2 Å². The van der Waals surface area contributed by atoms with Crippen molar-refractivity contribution in [1.82, 2.24) is 4.90 Å². The number of amides is 1. The van der Waals surface area contributed by atoms with Gasteiger partial charge < -0.3 is 10.6 Å². The summed E-state index contributed by atoms with van der Waals surface area (Å²) in [5.41, 5.74) is 6.87. The molecule has 3 nitrogen and oxygen atoms in total. The van der Waals surface area contributed by atoms with Gasteiger partial charge in [-0.2, -0.15) is 0 Å². The van der Waals surface area contributed by atoms with Crippen LogP contribution in [0.5, 0.6) is 0 Å². The number of thiophene rings is 1. The Morgan fingerprint density at radius 3 is 2.71 bits per heavy atom. The predicted octanol–water partition coefficient (Wildman–Crippen LogP) is 3.72. The molecule has 0 spiro atoms. The molecule has 1 aromatic heterocycles. The first-order valence-corrected chi connectivity index (χ1v) is 9.75. The molecule has 0 bridgehead atoms. The summed E-state index contributed by atoms with van der Waals surface area (Å²) in [6, 6.07) is 14.9. The summed E-state index contributed by atoms with van der Waals surface area (Å²) < 4.78 is 0. The largest absolute Gasteiger partial charge is 0.335 e. The van der Waals surface area contributed by atoms with Crippen LogP contribution in [-0.2, 0) is 10.2 Å². The number of likely N-dealkylation sites (tertiary alicyclic amines) is 1. The van der Waals surface area contributed by atoms with E-state index in [0.29, 0.717) is 18.4 Å². The van der Waals surface area contributed by atoms with Crippen molar-refractivity contribution in [1.29, 1.82) is 0 Å². The molecule has 0 radical (unpaired) electrons. The average molecular weight is 340 g/mol. The van der Waals surface area contributed by atoms with E-state index < -0.39 is 0 Å². The van der Waals surface area contributed by atoms with Gasteiger partial charge in [0.2, 0.25) is 5.91 Å². The molecule has 1 saturated heterocycles. The molecule has 3 atom stereocenters. The number of carbonyl (C=O) groups excluding carboxylic acids is 1. The minimum atomic E-state index is -0.354. The van der Waals surface area contributed by atoms with Crippen LogP contribution in [0.2, 0.25) is 0 Å². The molecule has 1 unspecified atom stereocenters. The number of nitrogens with two attached hydrogens (primary N) is 1. The average Bonchev–Trinajstić information content (AvgIpc) is 3.14. The number of rotatable bonds is 4. The van der Waals surface area contributed by atoms with Crippen LogP contribution >= 0.6 is 11.3 Å². The lowest BCUT2D eigenvalue weighted by Crippen LogP contribution is -2.45. The van der Waals surface area contributed by atoms with Crippen LogP contribution in [-0.4, -0.2) is 23.9 Å². The maximum absolute atomic E-state index is 13.6. The number of hydrogen-bond acceptors (Lipinski definition) is 3. The van der Waals surface area contributed by atoms with Crippen molar-refractivity contribution < 1.29 is 4.79 Å². The molecule has 2 aromatic rings. The van der Waals surface area contributed by atoms with Crippen molar-refractivity contribution in [2.24, 2.45) is 11.7 Å². The standard InChI is InChI=1S/C20H24N2OS/c21-14-16-13-20(16,18-10-6-12-24-18)19(23)22-11-5-4-9-17(22)15-7-2-1-3-8-15/h1-3,6-8,10,12,16-17H,4-5,9,11,13-14,21H2/t16-,17?,20-/m0/s1. The Morgan fingerprint density at radius 1 is 1.21 bits per heavy atom. The quantitative estimate of drug-likeness (QED) is 0.922. The van der Waals surface area contributed by atoms with E-state index in [1.165, 1.54) is 16.9 Å². The maximum Gasteiger partial charge on any atom is 0.234 e. The third-order valence-corrected chi connectivity index (χ3v) is 6.73. The second kappa shape index (κ2) is 6.34. The van der Waals surface area contributed by atoms with E-state index in [9.17, 15) is 4.79 Å². The first-order valence-electron chi connectivity index (χ1n) is 8.87. The summed E-state index contributed by atoms with van der Waals surface area (Å²) in [6.07, 6.45) is 4.25. The molecule has 1 aliphatic heterocycles. The van der Waals surface area contributed by atoms with E-state index in [1.807, 2.05) is 12.1 Å². The normalized spacial score (nSPS) is 29.5. The summed E-state index contributed by atoms with van der Waals surface area (Å²) >= 11 is 1.70. The van der Waals surface area contributed by atoms with Crippen molar-refractivity contribution in [3.8, 4) is 0 Å². The van der Waals surface area contributed by atoms with Gasteiger partial charge in [-0.3, -0.25) is 4.79 Å². The lowest BCUT2D eigenvalue weighted by atomic mass is 9.91. The second-order valence-corrected chi connectivity index (χ2v) is 7.95. The summed E-state index contributed by atoms with van der Waals surface area (Å²) in [5.74, 6) is 0.593. The molecule has 2 heterocycles. The van der Waals surface area contributed by atoms with Crippen LogP contribution in [0.3, 0.4) is 0 Å². The van der Waals surface area contributed by atoms with Gasteiger partial charge >= 0.3 is 0 Å². The molecule has 1 saturated carbocycles. The molecule has 2 N–H and O–H groups in total. The topological polar surface area (TPSA) is 46.3 Å². The Balaban J connectivity index is 1.67. The van der Waals surface area contributed by atoms with Crippen LogP contribution < -0.4 is 5.73 Å². The molecule has 1 aliphatic carbocycles. The van der Waals surface area contributed by atoms with E-state index in [4.69, 9.17) is 5.73 Å². The molecule has 1 amide bonds. The Hall–Kier alpha value is -1.65. The fourth-order valence-electron chi connectivity index (χ4n) is 4.27. The smallest absolute Gasteiger partial charge is 0.234 e. The highest BCUT2D eigenvalue weighted by molar-refractivity contribution is 7.10. The Labute approximate surface area is 147 Å². The van der Waals surface area contributed by atoms with Crippen molar-refractivity contribution in [3.05, 3.63) is 58.3 Å². The monoisotopic (exact) mass is 340 g/mol. The first-order chi connectivity index (χ1) is 11.8. The number of hydrogen-bond donors (Lipinski definition) is 1. The maximum atomic E-state index is 13.6. The first kappa shape index (κ1) is 15.9. The van der Waals surface area contributed by atoms with Crippen LogP contribution in [0.4, 0.5) is 0 Å². The highest BCUT2D eigenvalue weighted by atomic mass is 32.1. The molecule has 1 aromatic carbocycles. The molecule has 4 rings (SSSR count). The molecule has 24 heavy (non-hydrogen) atoms. The van der Waals surface area contributed by atoms with Crippen molar-refractivity contribution in [2.45, 2.75) is 37.1 Å². The van der Waals surface area contributed by atoms with Crippen molar-refractivity contribution in [2.75, 3.05) is 13.1 Å². The zero-order valence-electron chi connectivity index (χ0n) is 13.9. The van der Waals surface area contributed by atoms with Crippen LogP contribution in [0.1, 0.15) is 42.2 Å². The lowest BCUT2D eigenvalue weighted by Gasteiger charge is -2.38. The van der Waals surface area contributed by atoms with Gasteiger partial charge in [0, 0.05) is 11.4 Å². The minimum Gasteiger partial charge on any atom is -0.335 e. The predicted molar refractivity (Wildman–Crippen MR) is 97.9 cm³/mol. The molecular weight excluding hydrogens is 316 g/mol. The van der Waals surface area contributed by atoms with Gasteiger partial charge in [-0.15, -0.1) is 11.3 Å². The van der Waals surface area contributed by atoms with E-state index >= 15 is 0 Å². The molecule has 2 aliphatic rings. The number of nitrogens with zero attached hydrogens (tertiary/aromatic N) is 1.